The van der Waals surface area contributed by atoms with E-state index in [9.17, 15) is 4.79 Å². The number of nitrogens with one attached hydrogen (secondary N) is 1. The van der Waals surface area contributed by atoms with E-state index >= 15 is 0 Å². The normalized spacial score (nSPS) is 15.9. The van der Waals surface area contributed by atoms with Crippen molar-refractivity contribution in [2.24, 2.45) is 0 Å². The van der Waals surface area contributed by atoms with E-state index in [2.05, 4.69) is 5.32 Å². The number of benzene rings is 2. The predicted octanol–water partition coefficient (Wildman–Crippen LogP) is 5.25. The second kappa shape index (κ2) is 9.05. The van der Waals surface area contributed by atoms with E-state index < -0.39 is 5.60 Å². The van der Waals surface area contributed by atoms with Crippen LogP contribution in [0.1, 0.15) is 50.2 Å². The average Bonchev–Trinajstić information content (AvgIpc) is 2.69. The lowest BCUT2D eigenvalue weighted by Gasteiger charge is -2.35. The summed E-state index contributed by atoms with van der Waals surface area (Å²) in [6.07, 6.45) is 4.85. The van der Waals surface area contributed by atoms with Crippen LogP contribution < -0.4 is 10.1 Å². The van der Waals surface area contributed by atoms with Crippen molar-refractivity contribution in [3.63, 3.8) is 0 Å². The Morgan fingerprint density at radius 1 is 1.07 bits per heavy atom. The van der Waals surface area contributed by atoms with Gasteiger partial charge < -0.3 is 14.8 Å². The number of carbonyl (C=O) groups is 1. The van der Waals surface area contributed by atoms with Crippen LogP contribution in [-0.4, -0.2) is 18.1 Å². The average molecular weight is 367 g/mol. The molecule has 1 aliphatic rings. The van der Waals surface area contributed by atoms with Gasteiger partial charge in [-0.15, -0.1) is 0 Å². The molecule has 4 nitrogen and oxygen atoms in total. The highest BCUT2D eigenvalue weighted by Gasteiger charge is 2.40. The summed E-state index contributed by atoms with van der Waals surface area (Å²) in [5, 5.41) is 3.06. The Balaban J connectivity index is 1.65. The molecule has 144 valence electrons. The first-order valence-electron chi connectivity index (χ1n) is 9.86. The molecule has 0 radical (unpaired) electrons. The molecule has 2 aromatic carbocycles. The van der Waals surface area contributed by atoms with E-state index in [0.717, 1.165) is 48.2 Å². The zero-order valence-electron chi connectivity index (χ0n) is 16.3. The standard InChI is InChI=1S/C23H29NO3/c1-3-27-23(14-8-5-9-15-23)22(25)24-20-12-13-21(18(2)16-20)26-17-19-10-6-4-7-11-19/h4,6-7,10-13,16H,3,5,8-9,14-15,17H2,1-2H3,(H,24,25). The van der Waals surface area contributed by atoms with Gasteiger partial charge in [-0.1, -0.05) is 49.6 Å². The molecule has 27 heavy (non-hydrogen) atoms. The molecular formula is C23H29NO3. The molecular weight excluding hydrogens is 338 g/mol. The monoisotopic (exact) mass is 367 g/mol. The van der Waals surface area contributed by atoms with Gasteiger partial charge in [-0.05, 0) is 56.0 Å². The SMILES string of the molecule is CCOC1(C(=O)Nc2ccc(OCc3ccccc3)c(C)c2)CCCCC1. The molecule has 0 saturated heterocycles. The molecule has 0 unspecified atom stereocenters. The van der Waals surface area contributed by atoms with Crippen molar-refractivity contribution in [2.45, 2.75) is 58.2 Å². The second-order valence-corrected chi connectivity index (χ2v) is 7.20. The minimum atomic E-state index is -0.677. The van der Waals surface area contributed by atoms with Crippen molar-refractivity contribution in [3.05, 3.63) is 59.7 Å². The molecule has 4 heteroatoms. The lowest BCUT2D eigenvalue weighted by molar-refractivity contribution is -0.145. The summed E-state index contributed by atoms with van der Waals surface area (Å²) in [7, 11) is 0. The molecule has 1 amide bonds. The van der Waals surface area contributed by atoms with Crippen molar-refractivity contribution >= 4 is 11.6 Å². The summed E-state index contributed by atoms with van der Waals surface area (Å²) in [6.45, 7) is 5.03. The van der Waals surface area contributed by atoms with Gasteiger partial charge in [-0.3, -0.25) is 4.79 Å². The Hall–Kier alpha value is -2.33. The first kappa shape index (κ1) is 19.4. The van der Waals surface area contributed by atoms with Gasteiger partial charge in [-0.25, -0.2) is 0 Å². The van der Waals surface area contributed by atoms with Crippen molar-refractivity contribution in [1.82, 2.24) is 0 Å². The number of anilines is 1. The highest BCUT2D eigenvalue weighted by molar-refractivity contribution is 5.97. The van der Waals surface area contributed by atoms with Crippen LogP contribution in [0.5, 0.6) is 5.75 Å². The van der Waals surface area contributed by atoms with Crippen molar-refractivity contribution < 1.29 is 14.3 Å². The van der Waals surface area contributed by atoms with Crippen molar-refractivity contribution in [2.75, 3.05) is 11.9 Å². The predicted molar refractivity (Wildman–Crippen MR) is 108 cm³/mol. The van der Waals surface area contributed by atoms with Crippen LogP contribution in [0, 0.1) is 6.92 Å². The number of ether oxygens (including phenoxy) is 2. The molecule has 0 atom stereocenters. The maximum Gasteiger partial charge on any atom is 0.256 e. The quantitative estimate of drug-likeness (QED) is 0.727. The van der Waals surface area contributed by atoms with Crippen LogP contribution in [0.25, 0.3) is 0 Å². The van der Waals surface area contributed by atoms with Gasteiger partial charge in [0, 0.05) is 12.3 Å². The van der Waals surface area contributed by atoms with E-state index in [-0.39, 0.29) is 5.91 Å². The van der Waals surface area contributed by atoms with Gasteiger partial charge in [0.25, 0.3) is 5.91 Å². The summed E-state index contributed by atoms with van der Waals surface area (Å²) in [6, 6.07) is 15.9. The largest absolute Gasteiger partial charge is 0.489 e. The third kappa shape index (κ3) is 4.89. The van der Waals surface area contributed by atoms with Gasteiger partial charge in [0.1, 0.15) is 18.0 Å². The molecule has 0 bridgehead atoms. The van der Waals surface area contributed by atoms with E-state index in [1.54, 1.807) is 0 Å². The molecule has 0 heterocycles. The van der Waals surface area contributed by atoms with Crippen LogP contribution in [0.4, 0.5) is 5.69 Å². The minimum absolute atomic E-state index is 0.0265. The molecule has 1 saturated carbocycles. The third-order valence-electron chi connectivity index (χ3n) is 5.17. The van der Waals surface area contributed by atoms with Crippen LogP contribution in [0.15, 0.2) is 48.5 Å². The maximum atomic E-state index is 12.9. The minimum Gasteiger partial charge on any atom is -0.489 e. The Labute approximate surface area is 161 Å². The highest BCUT2D eigenvalue weighted by atomic mass is 16.5. The van der Waals surface area contributed by atoms with Crippen LogP contribution >= 0.6 is 0 Å². The molecule has 0 spiro atoms. The summed E-state index contributed by atoms with van der Waals surface area (Å²) in [5.41, 5.74) is 2.24. The van der Waals surface area contributed by atoms with Crippen molar-refractivity contribution in [3.8, 4) is 5.75 Å². The fraction of sp³-hybridized carbons (Fsp3) is 0.435. The smallest absolute Gasteiger partial charge is 0.256 e. The zero-order valence-corrected chi connectivity index (χ0v) is 16.3. The summed E-state index contributed by atoms with van der Waals surface area (Å²) in [4.78, 5) is 12.9. The Morgan fingerprint density at radius 3 is 2.48 bits per heavy atom. The van der Waals surface area contributed by atoms with Crippen LogP contribution in [0.2, 0.25) is 0 Å². The lowest BCUT2D eigenvalue weighted by atomic mass is 9.83. The second-order valence-electron chi connectivity index (χ2n) is 7.20. The molecule has 2 aromatic rings. The Bertz CT molecular complexity index is 746. The molecule has 1 N–H and O–H groups in total. The van der Waals surface area contributed by atoms with E-state index in [4.69, 9.17) is 9.47 Å². The third-order valence-corrected chi connectivity index (χ3v) is 5.17. The van der Waals surface area contributed by atoms with Gasteiger partial charge in [0.2, 0.25) is 0 Å². The summed E-state index contributed by atoms with van der Waals surface area (Å²) in [5.74, 6) is 0.801. The van der Waals surface area contributed by atoms with Gasteiger partial charge in [-0.2, -0.15) is 0 Å². The van der Waals surface area contributed by atoms with E-state index in [1.165, 1.54) is 6.42 Å². The fourth-order valence-corrected chi connectivity index (χ4v) is 3.71. The van der Waals surface area contributed by atoms with Crippen molar-refractivity contribution in [1.29, 1.82) is 0 Å². The number of amides is 1. The number of hydrogen-bond acceptors (Lipinski definition) is 3. The molecule has 0 aromatic heterocycles. The number of hydrogen-bond donors (Lipinski definition) is 1. The van der Waals surface area contributed by atoms with Gasteiger partial charge in [0.15, 0.2) is 0 Å². The van der Waals surface area contributed by atoms with E-state index in [0.29, 0.717) is 13.2 Å². The Morgan fingerprint density at radius 2 is 1.81 bits per heavy atom. The summed E-state index contributed by atoms with van der Waals surface area (Å²) >= 11 is 0. The van der Waals surface area contributed by atoms with Crippen LogP contribution in [-0.2, 0) is 16.1 Å². The number of carbonyl (C=O) groups excluding carboxylic acids is 1. The van der Waals surface area contributed by atoms with E-state index in [1.807, 2.05) is 62.4 Å². The first-order valence-corrected chi connectivity index (χ1v) is 9.86. The summed E-state index contributed by atoms with van der Waals surface area (Å²) < 4.78 is 11.8. The lowest BCUT2D eigenvalue weighted by Crippen LogP contribution is -2.47. The first-order chi connectivity index (χ1) is 13.1. The van der Waals surface area contributed by atoms with Crippen LogP contribution in [0.3, 0.4) is 0 Å². The fourth-order valence-electron chi connectivity index (χ4n) is 3.71. The molecule has 1 aliphatic carbocycles. The Kier molecular flexibility index (Phi) is 6.51. The van der Waals surface area contributed by atoms with Gasteiger partial charge in [0.05, 0.1) is 0 Å². The molecule has 3 rings (SSSR count). The molecule has 0 aliphatic heterocycles. The maximum absolute atomic E-state index is 12.9. The molecule has 1 fully saturated rings. The zero-order chi connectivity index (χ0) is 19.1. The topological polar surface area (TPSA) is 47.6 Å². The number of aryl methyl sites for hydroxylation is 1. The highest BCUT2D eigenvalue weighted by Crippen LogP contribution is 2.33. The number of rotatable bonds is 7. The van der Waals surface area contributed by atoms with Gasteiger partial charge >= 0.3 is 0 Å².